The smallest absolute Gasteiger partial charge is 0.408 e. The molecular formula is C30H54N4O7S. The molecule has 1 aliphatic carbocycles. The summed E-state index contributed by atoms with van der Waals surface area (Å²) in [4.78, 5) is 51.8. The van der Waals surface area contributed by atoms with Gasteiger partial charge in [0.25, 0.3) is 0 Å². The number of carbonyl (C=O) groups excluding carboxylic acids is 4. The molecule has 0 aromatic carbocycles. The van der Waals surface area contributed by atoms with E-state index in [4.69, 9.17) is 4.74 Å². The number of amides is 4. The van der Waals surface area contributed by atoms with Crippen molar-refractivity contribution in [2.75, 3.05) is 12.0 Å². The van der Waals surface area contributed by atoms with Gasteiger partial charge in [-0.3, -0.25) is 14.4 Å². The number of hydrogen-bond donors (Lipinski definition) is 6. The molecule has 0 aliphatic heterocycles. The predicted octanol–water partition coefficient (Wildman–Crippen LogP) is 2.64. The fourth-order valence-electron chi connectivity index (χ4n) is 4.75. The molecule has 6 N–H and O–H groups in total. The van der Waals surface area contributed by atoms with E-state index in [1.54, 1.807) is 47.6 Å². The Morgan fingerprint density at radius 3 is 2.21 bits per heavy atom. The number of alkyl carbamates (subject to hydrolysis) is 1. The van der Waals surface area contributed by atoms with Gasteiger partial charge in [-0.2, -0.15) is 11.8 Å². The summed E-state index contributed by atoms with van der Waals surface area (Å²) in [7, 11) is 0. The summed E-state index contributed by atoms with van der Waals surface area (Å²) in [6, 6.07) is -2.88. The zero-order chi connectivity index (χ0) is 32.0. The second kappa shape index (κ2) is 18.4. The molecule has 11 nitrogen and oxygen atoms in total. The van der Waals surface area contributed by atoms with Crippen LogP contribution in [0.5, 0.6) is 0 Å². The molecule has 0 bridgehead atoms. The van der Waals surface area contributed by atoms with E-state index in [0.29, 0.717) is 25.0 Å². The summed E-state index contributed by atoms with van der Waals surface area (Å²) in [6.45, 7) is 14.2. The van der Waals surface area contributed by atoms with Crippen molar-refractivity contribution < 1.29 is 34.1 Å². The summed E-state index contributed by atoms with van der Waals surface area (Å²) in [6.07, 6.45) is 5.01. The summed E-state index contributed by atoms with van der Waals surface area (Å²) in [5.74, 6) is -1.51. The highest BCUT2D eigenvalue weighted by atomic mass is 32.2. The van der Waals surface area contributed by atoms with Crippen LogP contribution in [0.25, 0.3) is 0 Å². The molecule has 0 aromatic rings. The lowest BCUT2D eigenvalue weighted by atomic mass is 9.91. The molecule has 0 aromatic heterocycles. The minimum absolute atomic E-state index is 0.0878. The van der Waals surface area contributed by atoms with Crippen LogP contribution in [0.3, 0.4) is 0 Å². The van der Waals surface area contributed by atoms with Gasteiger partial charge in [-0.25, -0.2) is 4.79 Å². The molecule has 242 valence electrons. The molecule has 1 aliphatic rings. The van der Waals surface area contributed by atoms with E-state index < -0.39 is 59.8 Å². The van der Waals surface area contributed by atoms with Crippen molar-refractivity contribution >= 4 is 35.6 Å². The van der Waals surface area contributed by atoms with E-state index in [1.807, 2.05) is 6.26 Å². The maximum atomic E-state index is 13.4. The summed E-state index contributed by atoms with van der Waals surface area (Å²) in [5.41, 5.74) is -0.737. The Labute approximate surface area is 255 Å². The van der Waals surface area contributed by atoms with Crippen LogP contribution in [-0.2, 0) is 19.1 Å². The lowest BCUT2D eigenvalue weighted by Gasteiger charge is -2.31. The van der Waals surface area contributed by atoms with Crippen LogP contribution in [0.4, 0.5) is 4.79 Å². The molecule has 0 unspecified atom stereocenters. The van der Waals surface area contributed by atoms with Crippen LogP contribution in [0.1, 0.15) is 86.5 Å². The molecule has 0 spiro atoms. The van der Waals surface area contributed by atoms with Crippen LogP contribution in [0, 0.1) is 11.8 Å². The highest BCUT2D eigenvalue weighted by molar-refractivity contribution is 7.98. The third-order valence-corrected chi connectivity index (χ3v) is 7.82. The first-order valence-electron chi connectivity index (χ1n) is 15.0. The summed E-state index contributed by atoms with van der Waals surface area (Å²) in [5, 5.41) is 32.3. The molecular weight excluding hydrogens is 560 g/mol. The van der Waals surface area contributed by atoms with E-state index in [2.05, 4.69) is 27.8 Å². The average Bonchev–Trinajstić information content (AvgIpc) is 2.89. The van der Waals surface area contributed by atoms with Crippen molar-refractivity contribution in [1.82, 2.24) is 21.3 Å². The first kappa shape index (κ1) is 37.7. The fraction of sp³-hybridized carbons (Fsp3) is 0.800. The maximum absolute atomic E-state index is 13.4. The number of thioether (sulfide) groups is 1. The molecule has 0 radical (unpaired) electrons. The Hall–Kier alpha value is -2.31. The lowest BCUT2D eigenvalue weighted by molar-refractivity contribution is -0.131. The normalized spacial score (nSPS) is 20.8. The average molecular weight is 615 g/mol. The van der Waals surface area contributed by atoms with Gasteiger partial charge in [0.2, 0.25) is 17.7 Å². The van der Waals surface area contributed by atoms with Crippen molar-refractivity contribution in [1.29, 1.82) is 0 Å². The molecule has 7 atom stereocenters. The number of nitrogens with one attached hydrogen (secondary N) is 4. The highest BCUT2D eigenvalue weighted by Gasteiger charge is 2.33. The van der Waals surface area contributed by atoms with Crippen molar-refractivity contribution in [2.45, 2.75) is 128 Å². The van der Waals surface area contributed by atoms with Crippen LogP contribution in [0.15, 0.2) is 12.7 Å². The third kappa shape index (κ3) is 13.8. The number of aliphatic hydroxyl groups is 2. The molecule has 12 heteroatoms. The molecule has 42 heavy (non-hydrogen) atoms. The van der Waals surface area contributed by atoms with Gasteiger partial charge in [0.15, 0.2) is 0 Å². The largest absolute Gasteiger partial charge is 0.444 e. The SMILES string of the molecule is C=CC[C@H](NC(=O)[C@H](CCSC)NC(=O)[C@@H](NC(=O)OC(C)(C)C)C(C)C)[C@@H](O)C[C@@H](C)C(=O)N[C@@H]1CCCC[C@H]1O. The predicted molar refractivity (Wildman–Crippen MR) is 166 cm³/mol. The van der Waals surface area contributed by atoms with E-state index in [0.717, 1.165) is 12.8 Å². The number of hydrogen-bond acceptors (Lipinski definition) is 8. The van der Waals surface area contributed by atoms with Crippen molar-refractivity contribution in [3.63, 3.8) is 0 Å². The van der Waals surface area contributed by atoms with Gasteiger partial charge in [0.05, 0.1) is 24.3 Å². The molecule has 0 heterocycles. The van der Waals surface area contributed by atoms with Crippen molar-refractivity contribution in [2.24, 2.45) is 11.8 Å². The second-order valence-electron chi connectivity index (χ2n) is 12.5. The molecule has 1 fully saturated rings. The standard InChI is InChI=1S/C30H54N4O7S/c1-9-12-20(24(36)17-19(4)26(37)31-21-13-10-11-14-23(21)35)32-27(38)22(15-16-42-8)33-28(39)25(18(2)3)34-29(40)41-30(5,6)7/h9,18-25,35-36H,1,10-17H2,2-8H3,(H,31,37)(H,32,38)(H,33,39)(H,34,40)/t19-,20+,21-,22+,23-,24+,25+/m1/s1. The third-order valence-electron chi connectivity index (χ3n) is 7.18. The summed E-state index contributed by atoms with van der Waals surface area (Å²) >= 11 is 1.52. The highest BCUT2D eigenvalue weighted by Crippen LogP contribution is 2.20. The minimum Gasteiger partial charge on any atom is -0.444 e. The second-order valence-corrected chi connectivity index (χ2v) is 13.5. The number of rotatable bonds is 16. The van der Waals surface area contributed by atoms with Crippen molar-refractivity contribution in [3.8, 4) is 0 Å². The number of carbonyl (C=O) groups is 4. The minimum atomic E-state index is -1.06. The number of aliphatic hydroxyl groups excluding tert-OH is 2. The van der Waals surface area contributed by atoms with E-state index in [9.17, 15) is 29.4 Å². The topological polar surface area (TPSA) is 166 Å². The first-order chi connectivity index (χ1) is 19.6. The van der Waals surface area contributed by atoms with E-state index >= 15 is 0 Å². The Bertz CT molecular complexity index is 895. The Morgan fingerprint density at radius 1 is 1.02 bits per heavy atom. The van der Waals surface area contributed by atoms with Crippen LogP contribution in [-0.4, -0.2) is 88.0 Å². The van der Waals surface area contributed by atoms with Gasteiger partial charge in [0.1, 0.15) is 17.7 Å². The van der Waals surface area contributed by atoms with Gasteiger partial charge in [-0.05, 0) is 70.8 Å². The van der Waals surface area contributed by atoms with E-state index in [-0.39, 0.29) is 30.7 Å². The summed E-state index contributed by atoms with van der Waals surface area (Å²) < 4.78 is 5.30. The Balaban J connectivity index is 2.90. The maximum Gasteiger partial charge on any atom is 0.408 e. The zero-order valence-electron chi connectivity index (χ0n) is 26.4. The van der Waals surface area contributed by atoms with Gasteiger partial charge >= 0.3 is 6.09 Å². The van der Waals surface area contributed by atoms with Gasteiger partial charge in [-0.1, -0.05) is 39.7 Å². The number of ether oxygens (including phenoxy) is 1. The lowest BCUT2D eigenvalue weighted by Crippen LogP contribution is -2.57. The van der Waals surface area contributed by atoms with Gasteiger partial charge in [0, 0.05) is 5.92 Å². The van der Waals surface area contributed by atoms with Crippen molar-refractivity contribution in [3.05, 3.63) is 12.7 Å². The zero-order valence-corrected chi connectivity index (χ0v) is 27.2. The fourth-order valence-corrected chi connectivity index (χ4v) is 5.22. The van der Waals surface area contributed by atoms with Crippen LogP contribution in [0.2, 0.25) is 0 Å². The quantitative estimate of drug-likeness (QED) is 0.144. The monoisotopic (exact) mass is 614 g/mol. The van der Waals surface area contributed by atoms with Gasteiger partial charge in [-0.15, -0.1) is 6.58 Å². The Morgan fingerprint density at radius 2 is 1.67 bits per heavy atom. The molecule has 1 rings (SSSR count). The molecule has 1 saturated carbocycles. The first-order valence-corrected chi connectivity index (χ1v) is 16.4. The Kier molecular flexibility index (Phi) is 16.5. The molecule has 0 saturated heterocycles. The van der Waals surface area contributed by atoms with Crippen LogP contribution >= 0.6 is 11.8 Å². The molecule has 4 amide bonds. The van der Waals surface area contributed by atoms with Gasteiger partial charge < -0.3 is 36.2 Å². The van der Waals surface area contributed by atoms with Crippen LogP contribution < -0.4 is 21.3 Å². The van der Waals surface area contributed by atoms with E-state index in [1.165, 1.54) is 11.8 Å².